The maximum absolute atomic E-state index is 8.48. The van der Waals surface area contributed by atoms with Gasteiger partial charge in [-0.05, 0) is 18.1 Å². The van der Waals surface area contributed by atoms with Gasteiger partial charge in [-0.2, -0.15) is 0 Å². The average Bonchev–Trinajstić information content (AvgIpc) is 1.95. The lowest BCUT2D eigenvalue weighted by Crippen LogP contribution is -2.40. The van der Waals surface area contributed by atoms with Crippen LogP contribution >= 0.6 is 0 Å². The van der Waals surface area contributed by atoms with Gasteiger partial charge >= 0.3 is 7.12 Å². The summed E-state index contributed by atoms with van der Waals surface area (Å²) < 4.78 is 5.69. The Labute approximate surface area is 87.8 Å². The smallest absolute Gasteiger partial charge is 0.416 e. The van der Waals surface area contributed by atoms with Gasteiger partial charge in [0.2, 0.25) is 0 Å². The van der Waals surface area contributed by atoms with Crippen molar-refractivity contribution >= 4 is 15.4 Å². The van der Waals surface area contributed by atoms with Crippen LogP contribution in [-0.4, -0.2) is 32.1 Å². The minimum Gasteiger partial charge on any atom is -0.416 e. The van der Waals surface area contributed by atoms with Crippen LogP contribution in [0.4, 0.5) is 0 Å². The maximum Gasteiger partial charge on any atom is 0.544 e. The first-order chi connectivity index (χ1) is 6.17. The molecule has 14 heavy (non-hydrogen) atoms. The van der Waals surface area contributed by atoms with Crippen molar-refractivity contribution in [1.29, 1.82) is 0 Å². The Bertz CT molecular complexity index is 235. The van der Waals surface area contributed by atoms with Crippen LogP contribution in [0.25, 0.3) is 0 Å². The quantitative estimate of drug-likeness (QED) is 0.533. The highest BCUT2D eigenvalue weighted by Crippen LogP contribution is 2.36. The molecule has 0 aliphatic carbocycles. The standard InChI is InChI=1S/C9H19BO3Si/c1-9(2,3)14(4,5)13-8-6-7-10(11)12/h11-12H,8H2,1-5H3. The first-order valence-electron chi connectivity index (χ1n) is 4.65. The molecule has 0 spiro atoms. The van der Waals surface area contributed by atoms with Gasteiger partial charge in [0.1, 0.15) is 0 Å². The van der Waals surface area contributed by atoms with Gasteiger partial charge in [0, 0.05) is 0 Å². The van der Waals surface area contributed by atoms with Crippen molar-refractivity contribution in [2.45, 2.75) is 38.9 Å². The van der Waals surface area contributed by atoms with Crippen LogP contribution in [0.1, 0.15) is 20.8 Å². The molecule has 0 atom stereocenters. The first kappa shape index (κ1) is 13.7. The highest BCUT2D eigenvalue weighted by molar-refractivity contribution is 6.74. The molecule has 0 heterocycles. The second-order valence-electron chi connectivity index (χ2n) is 4.74. The van der Waals surface area contributed by atoms with Gasteiger partial charge in [0.25, 0.3) is 0 Å². The molecule has 0 fully saturated rings. The fourth-order valence-electron chi connectivity index (χ4n) is 0.566. The summed E-state index contributed by atoms with van der Waals surface area (Å²) in [5.74, 6) is 4.80. The van der Waals surface area contributed by atoms with E-state index in [-0.39, 0.29) is 11.6 Å². The second kappa shape index (κ2) is 4.99. The van der Waals surface area contributed by atoms with E-state index in [1.165, 1.54) is 0 Å². The summed E-state index contributed by atoms with van der Waals surface area (Å²) in [6, 6.07) is 0. The molecule has 80 valence electrons. The zero-order chi connectivity index (χ0) is 11.4. The maximum atomic E-state index is 8.48. The van der Waals surface area contributed by atoms with Crippen LogP contribution in [-0.2, 0) is 4.43 Å². The van der Waals surface area contributed by atoms with Crippen LogP contribution in [0, 0.1) is 11.7 Å². The molecule has 0 aliphatic heterocycles. The van der Waals surface area contributed by atoms with Crippen LogP contribution in [0.2, 0.25) is 18.1 Å². The summed E-state index contributed by atoms with van der Waals surface area (Å²) in [6.45, 7) is 11.0. The van der Waals surface area contributed by atoms with E-state index < -0.39 is 15.4 Å². The average molecular weight is 214 g/mol. The van der Waals surface area contributed by atoms with Gasteiger partial charge in [0.15, 0.2) is 8.32 Å². The lowest BCUT2D eigenvalue weighted by Gasteiger charge is -2.35. The lowest BCUT2D eigenvalue weighted by molar-refractivity contribution is 0.334. The van der Waals surface area contributed by atoms with Crippen molar-refractivity contribution in [2.24, 2.45) is 0 Å². The van der Waals surface area contributed by atoms with E-state index in [1.54, 1.807) is 0 Å². The van der Waals surface area contributed by atoms with E-state index in [0.717, 1.165) is 0 Å². The zero-order valence-corrected chi connectivity index (χ0v) is 10.6. The topological polar surface area (TPSA) is 49.7 Å². The second-order valence-corrected chi connectivity index (χ2v) is 9.55. The number of hydrogen-bond acceptors (Lipinski definition) is 3. The van der Waals surface area contributed by atoms with Crippen molar-refractivity contribution in [3.05, 3.63) is 0 Å². The molecule has 2 N–H and O–H groups in total. The largest absolute Gasteiger partial charge is 0.544 e. The van der Waals surface area contributed by atoms with Gasteiger partial charge < -0.3 is 14.5 Å². The molecule has 3 nitrogen and oxygen atoms in total. The third-order valence-electron chi connectivity index (χ3n) is 2.54. The predicted octanol–water partition coefficient (Wildman–Crippen LogP) is 1.02. The molecule has 0 radical (unpaired) electrons. The van der Waals surface area contributed by atoms with E-state index in [1.807, 2.05) is 0 Å². The van der Waals surface area contributed by atoms with Crippen LogP contribution in [0.3, 0.4) is 0 Å². The Morgan fingerprint density at radius 2 is 1.79 bits per heavy atom. The minimum atomic E-state index is -1.74. The van der Waals surface area contributed by atoms with E-state index in [9.17, 15) is 0 Å². The molecule has 0 saturated carbocycles. The van der Waals surface area contributed by atoms with E-state index in [4.69, 9.17) is 14.5 Å². The molecule has 0 aliphatic rings. The van der Waals surface area contributed by atoms with Gasteiger partial charge in [-0.3, -0.25) is 0 Å². The van der Waals surface area contributed by atoms with Crippen molar-refractivity contribution in [2.75, 3.05) is 6.61 Å². The Morgan fingerprint density at radius 1 is 1.29 bits per heavy atom. The molecule has 0 unspecified atom stereocenters. The van der Waals surface area contributed by atoms with E-state index in [0.29, 0.717) is 0 Å². The Morgan fingerprint density at radius 3 is 2.14 bits per heavy atom. The van der Waals surface area contributed by atoms with Crippen molar-refractivity contribution < 1.29 is 14.5 Å². The molecule has 0 saturated heterocycles. The third kappa shape index (κ3) is 4.82. The molecule has 5 heteroatoms. The fourth-order valence-corrected chi connectivity index (χ4v) is 1.43. The first-order valence-corrected chi connectivity index (χ1v) is 7.56. The highest BCUT2D eigenvalue weighted by atomic mass is 28.4. The number of rotatable bonds is 2. The minimum absolute atomic E-state index is 0.159. The summed E-state index contributed by atoms with van der Waals surface area (Å²) in [7, 11) is -3.30. The summed E-state index contributed by atoms with van der Waals surface area (Å²) in [5, 5.41) is 17.1. The molecule has 0 amide bonds. The van der Waals surface area contributed by atoms with Crippen molar-refractivity contribution in [3.8, 4) is 11.7 Å². The van der Waals surface area contributed by atoms with Gasteiger partial charge in [-0.25, -0.2) is 0 Å². The SMILES string of the molecule is CC(C)(C)[Si](C)(C)OCC#CB(O)O. The molecule has 0 aromatic heterocycles. The summed E-state index contributed by atoms with van der Waals surface area (Å²) in [4.78, 5) is 0. The highest BCUT2D eigenvalue weighted by Gasteiger charge is 2.36. The predicted molar refractivity (Wildman–Crippen MR) is 61.1 cm³/mol. The lowest BCUT2D eigenvalue weighted by atomic mass is 9.94. The van der Waals surface area contributed by atoms with Crippen molar-refractivity contribution in [1.82, 2.24) is 0 Å². The van der Waals surface area contributed by atoms with Crippen LogP contribution < -0.4 is 0 Å². The summed E-state index contributed by atoms with van der Waals surface area (Å²) in [6.07, 6.45) is 0. The summed E-state index contributed by atoms with van der Waals surface area (Å²) in [5.41, 5.74) is 0. The Hall–Kier alpha value is -0.278. The van der Waals surface area contributed by atoms with E-state index in [2.05, 4.69) is 45.6 Å². The zero-order valence-electron chi connectivity index (χ0n) is 9.59. The molecule has 0 rings (SSSR count). The van der Waals surface area contributed by atoms with Crippen LogP contribution in [0.15, 0.2) is 0 Å². The third-order valence-corrected chi connectivity index (χ3v) is 7.02. The van der Waals surface area contributed by atoms with Crippen molar-refractivity contribution in [3.63, 3.8) is 0 Å². The number of hydrogen-bond donors (Lipinski definition) is 2. The summed E-state index contributed by atoms with van der Waals surface area (Å²) >= 11 is 0. The van der Waals surface area contributed by atoms with Gasteiger partial charge in [-0.1, -0.05) is 32.5 Å². The van der Waals surface area contributed by atoms with Gasteiger partial charge in [-0.15, -0.1) is 0 Å². The molecule has 0 aromatic carbocycles. The Kier molecular flexibility index (Phi) is 4.89. The molecule has 0 aromatic rings. The molecular weight excluding hydrogens is 195 g/mol. The molecule has 0 bridgehead atoms. The van der Waals surface area contributed by atoms with Gasteiger partial charge in [0.05, 0.1) is 6.61 Å². The molecular formula is C9H19BO3Si. The van der Waals surface area contributed by atoms with E-state index >= 15 is 0 Å². The van der Waals surface area contributed by atoms with Crippen LogP contribution in [0.5, 0.6) is 0 Å². The fraction of sp³-hybridized carbons (Fsp3) is 0.778. The monoisotopic (exact) mass is 214 g/mol. The Balaban J connectivity index is 4.10. The normalized spacial score (nSPS) is 11.9.